The molecule has 0 bridgehead atoms. The fourth-order valence-electron chi connectivity index (χ4n) is 1.89. The zero-order valence-electron chi connectivity index (χ0n) is 11.4. The zero-order valence-corrected chi connectivity index (χ0v) is 11.4. The van der Waals surface area contributed by atoms with Gasteiger partial charge in [-0.2, -0.15) is 5.10 Å². The first-order valence-electron chi connectivity index (χ1n) is 6.89. The van der Waals surface area contributed by atoms with Gasteiger partial charge in [-0.3, -0.25) is 4.68 Å². The van der Waals surface area contributed by atoms with E-state index in [-0.39, 0.29) is 6.10 Å². The van der Waals surface area contributed by atoms with Crippen molar-refractivity contribution < 1.29 is 5.11 Å². The fourth-order valence-corrected chi connectivity index (χ4v) is 1.89. The molecule has 2 unspecified atom stereocenters. The topological polar surface area (TPSA) is 38.0 Å². The minimum atomic E-state index is -0.234. The summed E-state index contributed by atoms with van der Waals surface area (Å²) in [6.45, 7) is 6.50. The molecule has 0 aliphatic heterocycles. The molecular formula is C14H26N2O. The minimum Gasteiger partial charge on any atom is -0.393 e. The van der Waals surface area contributed by atoms with E-state index in [9.17, 15) is 5.11 Å². The molecule has 2 atom stereocenters. The van der Waals surface area contributed by atoms with Gasteiger partial charge in [0.15, 0.2) is 0 Å². The quantitative estimate of drug-likeness (QED) is 0.705. The molecule has 0 saturated carbocycles. The highest BCUT2D eigenvalue weighted by atomic mass is 16.3. The largest absolute Gasteiger partial charge is 0.393 e. The van der Waals surface area contributed by atoms with E-state index in [0.717, 1.165) is 25.0 Å². The Morgan fingerprint density at radius 2 is 2.12 bits per heavy atom. The summed E-state index contributed by atoms with van der Waals surface area (Å²) in [7, 11) is 0. The summed E-state index contributed by atoms with van der Waals surface area (Å²) in [6, 6.07) is 2.47. The highest BCUT2D eigenvalue weighted by molar-refractivity contribution is 5.01. The van der Waals surface area contributed by atoms with Crippen molar-refractivity contribution >= 4 is 0 Å². The van der Waals surface area contributed by atoms with Crippen LogP contribution in [0, 0.1) is 0 Å². The number of hydrogen-bond acceptors (Lipinski definition) is 2. The van der Waals surface area contributed by atoms with Crippen LogP contribution in [0.1, 0.15) is 64.6 Å². The van der Waals surface area contributed by atoms with Crippen LogP contribution in [0.25, 0.3) is 0 Å². The molecule has 17 heavy (non-hydrogen) atoms. The van der Waals surface area contributed by atoms with Crippen molar-refractivity contribution in [1.29, 1.82) is 0 Å². The average molecular weight is 238 g/mol. The van der Waals surface area contributed by atoms with E-state index in [4.69, 9.17) is 0 Å². The summed E-state index contributed by atoms with van der Waals surface area (Å²) < 4.78 is 1.99. The normalized spacial score (nSPS) is 14.8. The number of aromatic nitrogens is 2. The molecule has 0 spiro atoms. The van der Waals surface area contributed by atoms with Gasteiger partial charge in [-0.05, 0) is 25.8 Å². The third-order valence-corrected chi connectivity index (χ3v) is 3.29. The molecule has 3 heteroatoms. The highest BCUT2D eigenvalue weighted by Crippen LogP contribution is 2.12. The summed E-state index contributed by atoms with van der Waals surface area (Å²) in [5.74, 6) is 0. The second-order valence-corrected chi connectivity index (χ2v) is 4.90. The number of aliphatic hydroxyl groups is 1. The molecule has 1 rings (SSSR count). The number of unbranched alkanes of at least 4 members (excludes halogenated alkanes) is 2. The lowest BCUT2D eigenvalue weighted by molar-refractivity contribution is 0.159. The molecule has 1 aromatic rings. The zero-order chi connectivity index (χ0) is 12.7. The van der Waals surface area contributed by atoms with Gasteiger partial charge >= 0.3 is 0 Å². The maximum Gasteiger partial charge on any atom is 0.0650 e. The van der Waals surface area contributed by atoms with E-state index >= 15 is 0 Å². The molecule has 3 nitrogen and oxygen atoms in total. The maximum absolute atomic E-state index is 9.89. The van der Waals surface area contributed by atoms with Crippen LogP contribution >= 0.6 is 0 Å². The molecule has 1 heterocycles. The van der Waals surface area contributed by atoms with E-state index in [1.807, 2.05) is 16.9 Å². The Balaban J connectivity index is 2.37. The second-order valence-electron chi connectivity index (χ2n) is 4.90. The van der Waals surface area contributed by atoms with Crippen molar-refractivity contribution in [2.45, 2.75) is 71.4 Å². The first kappa shape index (κ1) is 14.2. The first-order chi connectivity index (χ1) is 8.17. The summed E-state index contributed by atoms with van der Waals surface area (Å²) in [5.41, 5.74) is 1.01. The van der Waals surface area contributed by atoms with Crippen LogP contribution in [0.15, 0.2) is 12.3 Å². The van der Waals surface area contributed by atoms with E-state index in [1.54, 1.807) is 0 Å². The highest BCUT2D eigenvalue weighted by Gasteiger charge is 2.09. The van der Waals surface area contributed by atoms with Gasteiger partial charge in [0.25, 0.3) is 0 Å². The SMILES string of the molecule is CCCCCC(O)Cc1ccn(C(C)CC)n1. The number of rotatable bonds is 8. The Morgan fingerprint density at radius 3 is 2.76 bits per heavy atom. The van der Waals surface area contributed by atoms with E-state index in [2.05, 4.69) is 25.9 Å². The van der Waals surface area contributed by atoms with Crippen molar-refractivity contribution in [2.24, 2.45) is 0 Å². The lowest BCUT2D eigenvalue weighted by Gasteiger charge is -2.10. The van der Waals surface area contributed by atoms with Gasteiger partial charge in [-0.25, -0.2) is 0 Å². The third kappa shape index (κ3) is 4.90. The van der Waals surface area contributed by atoms with Crippen LogP contribution in [-0.2, 0) is 6.42 Å². The van der Waals surface area contributed by atoms with Gasteiger partial charge < -0.3 is 5.11 Å². The van der Waals surface area contributed by atoms with Crippen LogP contribution in [0.4, 0.5) is 0 Å². The summed E-state index contributed by atoms with van der Waals surface area (Å²) >= 11 is 0. The van der Waals surface area contributed by atoms with Gasteiger partial charge in [0.1, 0.15) is 0 Å². The molecule has 0 aromatic carbocycles. The van der Waals surface area contributed by atoms with Crippen molar-refractivity contribution in [3.05, 3.63) is 18.0 Å². The van der Waals surface area contributed by atoms with Crippen LogP contribution < -0.4 is 0 Å². The van der Waals surface area contributed by atoms with Crippen LogP contribution in [0.3, 0.4) is 0 Å². The average Bonchev–Trinajstić information content (AvgIpc) is 2.77. The summed E-state index contributed by atoms with van der Waals surface area (Å²) in [4.78, 5) is 0. The number of aliphatic hydroxyl groups excluding tert-OH is 1. The second kappa shape index (κ2) is 7.49. The Kier molecular flexibility index (Phi) is 6.27. The molecule has 0 amide bonds. The Bertz CT molecular complexity index is 309. The van der Waals surface area contributed by atoms with Crippen molar-refractivity contribution in [3.8, 4) is 0 Å². The predicted molar refractivity (Wildman–Crippen MR) is 71.1 cm³/mol. The molecular weight excluding hydrogens is 212 g/mol. The van der Waals surface area contributed by atoms with Gasteiger partial charge in [-0.1, -0.05) is 33.1 Å². The van der Waals surface area contributed by atoms with Crippen LogP contribution in [0.5, 0.6) is 0 Å². The Labute approximate surface area is 105 Å². The maximum atomic E-state index is 9.89. The third-order valence-electron chi connectivity index (χ3n) is 3.29. The Hall–Kier alpha value is -0.830. The lowest BCUT2D eigenvalue weighted by Crippen LogP contribution is -2.12. The molecule has 0 aliphatic carbocycles. The van der Waals surface area contributed by atoms with Gasteiger partial charge in [0, 0.05) is 18.7 Å². The number of hydrogen-bond donors (Lipinski definition) is 1. The smallest absolute Gasteiger partial charge is 0.0650 e. The molecule has 1 aromatic heterocycles. The monoisotopic (exact) mass is 238 g/mol. The van der Waals surface area contributed by atoms with Gasteiger partial charge in [0.2, 0.25) is 0 Å². The van der Waals surface area contributed by atoms with Crippen LogP contribution in [-0.4, -0.2) is 21.0 Å². The van der Waals surface area contributed by atoms with Gasteiger partial charge in [0.05, 0.1) is 11.8 Å². The molecule has 1 N–H and O–H groups in total. The minimum absolute atomic E-state index is 0.234. The molecule has 98 valence electrons. The first-order valence-corrected chi connectivity index (χ1v) is 6.89. The van der Waals surface area contributed by atoms with Crippen LogP contribution in [0.2, 0.25) is 0 Å². The van der Waals surface area contributed by atoms with E-state index in [1.165, 1.54) is 12.8 Å². The van der Waals surface area contributed by atoms with E-state index < -0.39 is 0 Å². The van der Waals surface area contributed by atoms with Crippen molar-refractivity contribution in [1.82, 2.24) is 9.78 Å². The molecule has 0 aliphatic rings. The van der Waals surface area contributed by atoms with E-state index in [0.29, 0.717) is 12.5 Å². The standard InChI is InChI=1S/C14H26N2O/c1-4-6-7-8-14(17)11-13-9-10-16(15-13)12(3)5-2/h9-10,12,14,17H,4-8,11H2,1-3H3. The fraction of sp³-hybridized carbons (Fsp3) is 0.786. The van der Waals surface area contributed by atoms with Gasteiger partial charge in [-0.15, -0.1) is 0 Å². The summed E-state index contributed by atoms with van der Waals surface area (Å²) in [5, 5.41) is 14.4. The van der Waals surface area contributed by atoms with Crippen molar-refractivity contribution in [3.63, 3.8) is 0 Å². The molecule has 0 fully saturated rings. The molecule has 0 saturated heterocycles. The lowest BCUT2D eigenvalue weighted by atomic mass is 10.1. The van der Waals surface area contributed by atoms with Crippen molar-refractivity contribution in [2.75, 3.05) is 0 Å². The number of nitrogens with zero attached hydrogens (tertiary/aromatic N) is 2. The summed E-state index contributed by atoms with van der Waals surface area (Å²) in [6.07, 6.45) is 7.97. The Morgan fingerprint density at radius 1 is 1.35 bits per heavy atom. The molecule has 0 radical (unpaired) electrons. The predicted octanol–water partition coefficient (Wildman–Crippen LogP) is 3.34.